The van der Waals surface area contributed by atoms with Crippen LogP contribution in [0.4, 0.5) is 5.13 Å². The number of aromatic nitrogens is 1. The summed E-state index contributed by atoms with van der Waals surface area (Å²) in [7, 11) is 0. The summed E-state index contributed by atoms with van der Waals surface area (Å²) in [5, 5.41) is 11.7. The highest BCUT2D eigenvalue weighted by Gasteiger charge is 2.49. The maximum Gasteiger partial charge on any atom is 0.302 e. The summed E-state index contributed by atoms with van der Waals surface area (Å²) in [4.78, 5) is 32.6. The number of fused-ring (bicyclic) bond motifs is 1. The molecule has 1 aliphatic rings. The summed E-state index contributed by atoms with van der Waals surface area (Å²) in [6, 6.07) is 12.1. The molecule has 0 saturated carbocycles. The van der Waals surface area contributed by atoms with Crippen LogP contribution in [-0.2, 0) is 9.59 Å². The Morgan fingerprint density at radius 2 is 1.82 bits per heavy atom. The number of nitrogens with zero attached hydrogens (tertiary/aromatic N) is 2. The third-order valence-electron chi connectivity index (χ3n) is 5.93. The largest absolute Gasteiger partial charge is 0.507 e. The molecule has 0 aliphatic carbocycles. The Labute approximate surface area is 194 Å². The molecule has 0 bridgehead atoms. The van der Waals surface area contributed by atoms with Crippen molar-refractivity contribution < 1.29 is 19.1 Å². The van der Waals surface area contributed by atoms with Crippen molar-refractivity contribution in [1.82, 2.24) is 4.98 Å². The molecule has 1 aliphatic heterocycles. The molecule has 1 N–H and O–H groups in total. The fourth-order valence-corrected chi connectivity index (χ4v) is 5.51. The number of aryl methyl sites for hydroxylation is 4. The van der Waals surface area contributed by atoms with E-state index in [1.807, 2.05) is 52.0 Å². The molecule has 2 aromatic heterocycles. The Kier molecular flexibility index (Phi) is 4.94. The third-order valence-corrected chi connectivity index (χ3v) is 6.93. The highest BCUT2D eigenvalue weighted by Crippen LogP contribution is 2.45. The van der Waals surface area contributed by atoms with E-state index >= 15 is 0 Å². The monoisotopic (exact) mass is 458 g/mol. The summed E-state index contributed by atoms with van der Waals surface area (Å²) in [5.41, 5.74) is 5.12. The van der Waals surface area contributed by atoms with E-state index in [1.54, 1.807) is 18.2 Å². The number of benzene rings is 2. The van der Waals surface area contributed by atoms with Gasteiger partial charge in [-0.3, -0.25) is 14.5 Å². The van der Waals surface area contributed by atoms with Crippen molar-refractivity contribution in [2.24, 2.45) is 0 Å². The molecule has 1 atom stereocenters. The zero-order valence-corrected chi connectivity index (χ0v) is 19.5. The maximum absolute atomic E-state index is 13.3. The lowest BCUT2D eigenvalue weighted by Gasteiger charge is -2.20. The van der Waals surface area contributed by atoms with Crippen LogP contribution in [-0.4, -0.2) is 21.8 Å². The SMILES string of the molecule is Cc1ccc(C)c(/C(O)=C2\C(=O)C(=O)N(c3nc4c(C)cc(C)cc4s3)C2c2ccco2)c1. The van der Waals surface area contributed by atoms with Crippen LogP contribution in [0.3, 0.4) is 0 Å². The Bertz CT molecular complexity index is 1460. The first-order chi connectivity index (χ1) is 15.8. The first-order valence-corrected chi connectivity index (χ1v) is 11.4. The van der Waals surface area contributed by atoms with Gasteiger partial charge >= 0.3 is 5.91 Å². The van der Waals surface area contributed by atoms with Gasteiger partial charge in [-0.1, -0.05) is 35.1 Å². The highest BCUT2D eigenvalue weighted by molar-refractivity contribution is 7.22. The zero-order chi connectivity index (χ0) is 23.4. The van der Waals surface area contributed by atoms with Crippen LogP contribution in [0.1, 0.15) is 39.6 Å². The fraction of sp³-hybridized carbons (Fsp3) is 0.192. The number of furan rings is 1. The minimum Gasteiger partial charge on any atom is -0.507 e. The van der Waals surface area contributed by atoms with E-state index in [1.165, 1.54) is 22.5 Å². The molecule has 3 heterocycles. The van der Waals surface area contributed by atoms with Gasteiger partial charge in [0, 0.05) is 5.56 Å². The molecular weight excluding hydrogens is 436 g/mol. The van der Waals surface area contributed by atoms with Crippen LogP contribution >= 0.6 is 11.3 Å². The second-order valence-corrected chi connectivity index (χ2v) is 9.44. The number of amides is 1. The predicted molar refractivity (Wildman–Crippen MR) is 129 cm³/mol. The lowest BCUT2D eigenvalue weighted by molar-refractivity contribution is -0.132. The molecule has 0 spiro atoms. The second-order valence-electron chi connectivity index (χ2n) is 8.43. The number of hydrogen-bond acceptors (Lipinski definition) is 6. The molecule has 0 radical (unpaired) electrons. The van der Waals surface area contributed by atoms with Crippen molar-refractivity contribution in [2.45, 2.75) is 33.7 Å². The predicted octanol–water partition coefficient (Wildman–Crippen LogP) is 5.75. The highest BCUT2D eigenvalue weighted by atomic mass is 32.1. The fourth-order valence-electron chi connectivity index (χ4n) is 4.34. The average Bonchev–Trinajstić information content (AvgIpc) is 3.48. The summed E-state index contributed by atoms with van der Waals surface area (Å²) < 4.78 is 6.57. The van der Waals surface area contributed by atoms with Gasteiger partial charge in [0.15, 0.2) is 5.13 Å². The molecule has 1 fully saturated rings. The maximum atomic E-state index is 13.3. The van der Waals surface area contributed by atoms with Crippen molar-refractivity contribution in [1.29, 1.82) is 0 Å². The average molecular weight is 459 g/mol. The number of rotatable bonds is 3. The van der Waals surface area contributed by atoms with Crippen LogP contribution in [0.2, 0.25) is 0 Å². The van der Waals surface area contributed by atoms with Gasteiger partial charge in [-0.05, 0) is 68.7 Å². The standard InChI is InChI=1S/C26H22N2O4S/c1-13-7-8-15(3)17(11-13)23(29)20-22(18-6-5-9-32-18)28(25(31)24(20)30)26-27-21-16(4)10-14(2)12-19(21)33-26/h5-12,22,29H,1-4H3/b23-20+. The van der Waals surface area contributed by atoms with Crippen LogP contribution in [0.15, 0.2) is 58.7 Å². The minimum absolute atomic E-state index is 0.00388. The normalized spacial score (nSPS) is 17.9. The van der Waals surface area contributed by atoms with Gasteiger partial charge in [0.25, 0.3) is 5.78 Å². The van der Waals surface area contributed by atoms with Crippen LogP contribution in [0.5, 0.6) is 0 Å². The molecule has 7 heteroatoms. The zero-order valence-electron chi connectivity index (χ0n) is 18.7. The van der Waals surface area contributed by atoms with E-state index in [-0.39, 0.29) is 11.3 Å². The van der Waals surface area contributed by atoms with Crippen LogP contribution < -0.4 is 4.90 Å². The van der Waals surface area contributed by atoms with Gasteiger partial charge in [-0.25, -0.2) is 4.98 Å². The lowest BCUT2D eigenvalue weighted by Crippen LogP contribution is -2.29. The topological polar surface area (TPSA) is 83.6 Å². The molecule has 1 unspecified atom stereocenters. The van der Waals surface area contributed by atoms with Gasteiger partial charge in [0.1, 0.15) is 17.6 Å². The van der Waals surface area contributed by atoms with E-state index in [0.29, 0.717) is 16.5 Å². The number of aliphatic hydroxyl groups excluding tert-OH is 1. The minimum atomic E-state index is -0.915. The molecule has 166 valence electrons. The Hall–Kier alpha value is -3.71. The molecule has 1 saturated heterocycles. The van der Waals surface area contributed by atoms with E-state index in [0.717, 1.165) is 32.5 Å². The molecule has 5 rings (SSSR count). The number of carbonyl (C=O) groups is 2. The van der Waals surface area contributed by atoms with Crippen molar-refractivity contribution in [2.75, 3.05) is 4.90 Å². The molecule has 6 nitrogen and oxygen atoms in total. The van der Waals surface area contributed by atoms with E-state index < -0.39 is 17.7 Å². The summed E-state index contributed by atoms with van der Waals surface area (Å²) >= 11 is 1.34. The van der Waals surface area contributed by atoms with Gasteiger partial charge in [0.05, 0.1) is 22.1 Å². The number of anilines is 1. The van der Waals surface area contributed by atoms with Gasteiger partial charge < -0.3 is 9.52 Å². The van der Waals surface area contributed by atoms with Crippen molar-refractivity contribution in [3.63, 3.8) is 0 Å². The number of ketones is 1. The third kappa shape index (κ3) is 3.36. The van der Waals surface area contributed by atoms with E-state index in [9.17, 15) is 14.7 Å². The van der Waals surface area contributed by atoms with Crippen molar-refractivity contribution in [3.8, 4) is 0 Å². The summed E-state index contributed by atoms with van der Waals surface area (Å²) in [5.74, 6) is -1.33. The number of Topliss-reactive ketones (excluding diaryl/α,β-unsaturated/α-hetero) is 1. The summed E-state index contributed by atoms with van der Waals surface area (Å²) in [6.45, 7) is 7.73. The van der Waals surface area contributed by atoms with Gasteiger partial charge in [-0.2, -0.15) is 0 Å². The summed E-state index contributed by atoms with van der Waals surface area (Å²) in [6.07, 6.45) is 1.49. The van der Waals surface area contributed by atoms with Crippen LogP contribution in [0.25, 0.3) is 16.0 Å². The van der Waals surface area contributed by atoms with Gasteiger partial charge in [-0.15, -0.1) is 0 Å². The Balaban J connectivity index is 1.75. The molecular formula is C26H22N2O4S. The number of hydrogen-bond donors (Lipinski definition) is 1. The molecule has 4 aromatic rings. The Morgan fingerprint density at radius 3 is 2.55 bits per heavy atom. The van der Waals surface area contributed by atoms with Crippen molar-refractivity contribution in [3.05, 3.63) is 87.9 Å². The van der Waals surface area contributed by atoms with Crippen molar-refractivity contribution >= 4 is 44.1 Å². The first kappa shape index (κ1) is 21.2. The smallest absolute Gasteiger partial charge is 0.302 e. The second kappa shape index (κ2) is 7.71. The first-order valence-electron chi connectivity index (χ1n) is 10.6. The lowest BCUT2D eigenvalue weighted by atomic mass is 9.96. The molecule has 33 heavy (non-hydrogen) atoms. The number of thiazole rings is 1. The number of carbonyl (C=O) groups excluding carboxylic acids is 2. The molecule has 2 aromatic carbocycles. The van der Waals surface area contributed by atoms with Gasteiger partial charge in [0.2, 0.25) is 0 Å². The Morgan fingerprint density at radius 1 is 1.03 bits per heavy atom. The quantitative estimate of drug-likeness (QED) is 0.240. The number of aliphatic hydroxyl groups is 1. The van der Waals surface area contributed by atoms with E-state index in [4.69, 9.17) is 9.40 Å². The van der Waals surface area contributed by atoms with E-state index in [2.05, 4.69) is 0 Å². The van der Waals surface area contributed by atoms with Crippen LogP contribution in [0, 0.1) is 27.7 Å². The molecule has 1 amide bonds.